The number of thioether (sulfide) groups is 1. The highest BCUT2D eigenvalue weighted by Crippen LogP contribution is 2.36. The Labute approximate surface area is 96.4 Å². The smallest absolute Gasteiger partial charge is 0.320 e. The van der Waals surface area contributed by atoms with E-state index in [2.05, 4.69) is 15.5 Å². The number of tetrazole rings is 1. The zero-order valence-electron chi connectivity index (χ0n) is 8.61. The van der Waals surface area contributed by atoms with Crippen molar-refractivity contribution in [1.82, 2.24) is 20.2 Å². The second-order valence-electron chi connectivity index (χ2n) is 3.72. The SMILES string of the molecule is NC(CCSc1nnnn1C1CC1)C(=O)O. The first-order chi connectivity index (χ1) is 7.68. The molecule has 0 aliphatic heterocycles. The molecule has 1 atom stereocenters. The molecule has 0 bridgehead atoms. The van der Waals surface area contributed by atoms with E-state index in [4.69, 9.17) is 10.8 Å². The van der Waals surface area contributed by atoms with Gasteiger partial charge in [0, 0.05) is 5.75 Å². The van der Waals surface area contributed by atoms with Crippen molar-refractivity contribution in [2.75, 3.05) is 5.75 Å². The van der Waals surface area contributed by atoms with E-state index >= 15 is 0 Å². The fourth-order valence-electron chi connectivity index (χ4n) is 1.23. The molecule has 16 heavy (non-hydrogen) atoms. The van der Waals surface area contributed by atoms with E-state index in [1.165, 1.54) is 11.8 Å². The summed E-state index contributed by atoms with van der Waals surface area (Å²) in [5.74, 6) is -0.358. The van der Waals surface area contributed by atoms with Gasteiger partial charge in [0.05, 0.1) is 6.04 Å². The molecular weight excluding hydrogens is 230 g/mol. The molecule has 1 saturated carbocycles. The van der Waals surface area contributed by atoms with E-state index in [0.29, 0.717) is 18.2 Å². The summed E-state index contributed by atoms with van der Waals surface area (Å²) in [5.41, 5.74) is 5.39. The van der Waals surface area contributed by atoms with Crippen LogP contribution in [0.4, 0.5) is 0 Å². The molecule has 1 fully saturated rings. The topological polar surface area (TPSA) is 107 Å². The van der Waals surface area contributed by atoms with E-state index in [0.717, 1.165) is 18.0 Å². The lowest BCUT2D eigenvalue weighted by Crippen LogP contribution is -2.30. The van der Waals surface area contributed by atoms with Gasteiger partial charge in [0.1, 0.15) is 6.04 Å². The van der Waals surface area contributed by atoms with Gasteiger partial charge in [0.2, 0.25) is 5.16 Å². The van der Waals surface area contributed by atoms with E-state index in [9.17, 15) is 4.79 Å². The van der Waals surface area contributed by atoms with Crippen LogP contribution in [0, 0.1) is 0 Å². The van der Waals surface area contributed by atoms with Crippen LogP contribution in [0.2, 0.25) is 0 Å². The molecule has 0 spiro atoms. The van der Waals surface area contributed by atoms with Crippen molar-refractivity contribution in [2.24, 2.45) is 5.73 Å². The van der Waals surface area contributed by atoms with Gasteiger partial charge in [-0.2, -0.15) is 0 Å². The van der Waals surface area contributed by atoms with Crippen molar-refractivity contribution in [1.29, 1.82) is 0 Å². The zero-order valence-corrected chi connectivity index (χ0v) is 9.43. The van der Waals surface area contributed by atoms with Crippen LogP contribution < -0.4 is 5.73 Å². The molecule has 1 aliphatic carbocycles. The van der Waals surface area contributed by atoms with Gasteiger partial charge < -0.3 is 10.8 Å². The number of rotatable bonds is 6. The van der Waals surface area contributed by atoms with E-state index < -0.39 is 12.0 Å². The Morgan fingerprint density at radius 2 is 2.44 bits per heavy atom. The number of nitrogens with two attached hydrogens (primary N) is 1. The van der Waals surface area contributed by atoms with Gasteiger partial charge in [-0.25, -0.2) is 4.68 Å². The third-order valence-corrected chi connectivity index (χ3v) is 3.30. The molecule has 1 heterocycles. The molecule has 3 N–H and O–H groups in total. The van der Waals surface area contributed by atoms with Crippen LogP contribution in [0.15, 0.2) is 5.16 Å². The van der Waals surface area contributed by atoms with E-state index in [-0.39, 0.29) is 0 Å². The maximum absolute atomic E-state index is 10.5. The minimum Gasteiger partial charge on any atom is -0.480 e. The molecule has 2 rings (SSSR count). The number of hydrogen-bond donors (Lipinski definition) is 2. The first-order valence-electron chi connectivity index (χ1n) is 5.07. The van der Waals surface area contributed by atoms with Crippen LogP contribution >= 0.6 is 11.8 Å². The maximum atomic E-state index is 10.5. The summed E-state index contributed by atoms with van der Waals surface area (Å²) in [6, 6.07) is -0.372. The fraction of sp³-hybridized carbons (Fsp3) is 0.750. The van der Waals surface area contributed by atoms with Crippen LogP contribution in [0.1, 0.15) is 25.3 Å². The number of aromatic nitrogens is 4. The van der Waals surface area contributed by atoms with Crippen LogP contribution in [0.3, 0.4) is 0 Å². The van der Waals surface area contributed by atoms with Gasteiger partial charge in [0.15, 0.2) is 0 Å². The summed E-state index contributed by atoms with van der Waals surface area (Å²) in [5, 5.41) is 20.8. The predicted octanol–water partition coefficient (Wildman–Crippen LogP) is -0.0979. The standard InChI is InChI=1S/C8H13N5O2S/c9-6(7(14)15)3-4-16-8-10-11-12-13(8)5-1-2-5/h5-6H,1-4,9H2,(H,14,15). The number of carboxylic acid groups (broad SMARTS) is 1. The second-order valence-corrected chi connectivity index (χ2v) is 4.78. The quantitative estimate of drug-likeness (QED) is 0.672. The van der Waals surface area contributed by atoms with Gasteiger partial charge >= 0.3 is 5.97 Å². The van der Waals surface area contributed by atoms with Gasteiger partial charge in [-0.15, -0.1) is 5.10 Å². The highest BCUT2D eigenvalue weighted by molar-refractivity contribution is 7.99. The summed E-state index contributed by atoms with van der Waals surface area (Å²) >= 11 is 1.45. The number of carbonyl (C=O) groups is 1. The molecular formula is C8H13N5O2S. The van der Waals surface area contributed by atoms with Crippen LogP contribution in [-0.2, 0) is 4.79 Å². The minimum absolute atomic E-state index is 0.414. The average Bonchev–Trinajstić information content (AvgIpc) is 2.99. The molecule has 1 aromatic heterocycles. The van der Waals surface area contributed by atoms with Gasteiger partial charge in [-0.3, -0.25) is 4.79 Å². The van der Waals surface area contributed by atoms with Crippen molar-refractivity contribution in [2.45, 2.75) is 36.5 Å². The number of aliphatic carboxylic acids is 1. The van der Waals surface area contributed by atoms with Crippen LogP contribution in [0.25, 0.3) is 0 Å². The molecule has 1 unspecified atom stereocenters. The lowest BCUT2D eigenvalue weighted by Gasteiger charge is -2.05. The Bertz CT molecular complexity index is 378. The molecule has 0 amide bonds. The Hall–Kier alpha value is -1.15. The highest BCUT2D eigenvalue weighted by atomic mass is 32.2. The number of nitrogens with zero attached hydrogens (tertiary/aromatic N) is 4. The maximum Gasteiger partial charge on any atom is 0.320 e. The highest BCUT2D eigenvalue weighted by Gasteiger charge is 2.27. The molecule has 1 aromatic rings. The van der Waals surface area contributed by atoms with Crippen molar-refractivity contribution in [3.8, 4) is 0 Å². The summed E-state index contributed by atoms with van der Waals surface area (Å²) < 4.78 is 1.80. The summed E-state index contributed by atoms with van der Waals surface area (Å²) in [7, 11) is 0. The Morgan fingerprint density at radius 1 is 1.69 bits per heavy atom. The minimum atomic E-state index is -0.970. The van der Waals surface area contributed by atoms with E-state index in [1.807, 2.05) is 0 Å². The third-order valence-electron chi connectivity index (χ3n) is 2.33. The third kappa shape index (κ3) is 2.70. The summed E-state index contributed by atoms with van der Waals surface area (Å²) in [6.45, 7) is 0. The molecule has 0 saturated heterocycles. The first-order valence-corrected chi connectivity index (χ1v) is 6.06. The van der Waals surface area contributed by atoms with E-state index in [1.54, 1.807) is 4.68 Å². The normalized spacial score (nSPS) is 17.3. The molecule has 7 nitrogen and oxygen atoms in total. The molecule has 1 aliphatic rings. The molecule has 0 aromatic carbocycles. The Kier molecular flexibility index (Phi) is 3.39. The van der Waals surface area contributed by atoms with Crippen molar-refractivity contribution in [3.63, 3.8) is 0 Å². The second kappa shape index (κ2) is 4.79. The number of hydrogen-bond acceptors (Lipinski definition) is 6. The fourth-order valence-corrected chi connectivity index (χ4v) is 2.20. The lowest BCUT2D eigenvalue weighted by atomic mass is 10.2. The monoisotopic (exact) mass is 243 g/mol. The molecule has 88 valence electrons. The Balaban J connectivity index is 1.80. The zero-order chi connectivity index (χ0) is 11.5. The summed E-state index contributed by atoms with van der Waals surface area (Å²) in [4.78, 5) is 10.5. The average molecular weight is 243 g/mol. The number of carboxylic acids is 1. The van der Waals surface area contributed by atoms with Crippen molar-refractivity contribution in [3.05, 3.63) is 0 Å². The first kappa shape index (κ1) is 11.3. The van der Waals surface area contributed by atoms with Crippen LogP contribution in [-0.4, -0.2) is 43.1 Å². The van der Waals surface area contributed by atoms with Gasteiger partial charge in [-0.1, -0.05) is 11.8 Å². The van der Waals surface area contributed by atoms with Crippen molar-refractivity contribution >= 4 is 17.7 Å². The molecule has 0 radical (unpaired) electrons. The lowest BCUT2D eigenvalue weighted by molar-refractivity contribution is -0.138. The van der Waals surface area contributed by atoms with Crippen molar-refractivity contribution < 1.29 is 9.90 Å². The van der Waals surface area contributed by atoms with Gasteiger partial charge in [0.25, 0.3) is 0 Å². The summed E-state index contributed by atoms with van der Waals surface area (Å²) in [6.07, 6.45) is 2.65. The largest absolute Gasteiger partial charge is 0.480 e. The van der Waals surface area contributed by atoms with Gasteiger partial charge in [-0.05, 0) is 29.7 Å². The Morgan fingerprint density at radius 3 is 3.06 bits per heavy atom. The molecule has 8 heteroatoms. The predicted molar refractivity (Wildman–Crippen MR) is 57.0 cm³/mol. The van der Waals surface area contributed by atoms with Crippen LogP contribution in [0.5, 0.6) is 0 Å².